The van der Waals surface area contributed by atoms with Gasteiger partial charge in [0.1, 0.15) is 0 Å². The molecular formula is C15H16BrNO4S. The summed E-state index contributed by atoms with van der Waals surface area (Å²) in [6.45, 7) is 5.01. The van der Waals surface area contributed by atoms with E-state index in [1.807, 2.05) is 19.9 Å². The van der Waals surface area contributed by atoms with Gasteiger partial charge in [0.15, 0.2) is 11.5 Å². The Bertz CT molecular complexity index is 630. The highest BCUT2D eigenvalue weighted by atomic mass is 79.9. The van der Waals surface area contributed by atoms with Crippen molar-refractivity contribution in [2.24, 2.45) is 0 Å². The molecule has 22 heavy (non-hydrogen) atoms. The molecule has 1 fully saturated rings. The molecule has 1 aromatic carbocycles. The van der Waals surface area contributed by atoms with E-state index < -0.39 is 0 Å². The van der Waals surface area contributed by atoms with E-state index in [1.54, 1.807) is 12.1 Å². The van der Waals surface area contributed by atoms with Gasteiger partial charge in [-0.05, 0) is 64.8 Å². The Morgan fingerprint density at radius 1 is 1.27 bits per heavy atom. The van der Waals surface area contributed by atoms with Gasteiger partial charge in [-0.1, -0.05) is 6.92 Å². The highest BCUT2D eigenvalue weighted by Gasteiger charge is 2.25. The average molecular weight is 386 g/mol. The highest BCUT2D eigenvalue weighted by Crippen LogP contribution is 2.38. The van der Waals surface area contributed by atoms with E-state index in [-0.39, 0.29) is 11.1 Å². The number of benzene rings is 1. The summed E-state index contributed by atoms with van der Waals surface area (Å²) in [6.07, 6.45) is 2.55. The van der Waals surface area contributed by atoms with Crippen LogP contribution in [0.2, 0.25) is 0 Å². The fourth-order valence-corrected chi connectivity index (χ4v) is 3.11. The summed E-state index contributed by atoms with van der Waals surface area (Å²) < 4.78 is 12.1. The van der Waals surface area contributed by atoms with Crippen molar-refractivity contribution >= 4 is 44.9 Å². The van der Waals surface area contributed by atoms with Crippen LogP contribution >= 0.6 is 27.7 Å². The Labute approximate surface area is 141 Å². The number of thioether (sulfide) groups is 1. The Kier molecular flexibility index (Phi) is 5.90. The summed E-state index contributed by atoms with van der Waals surface area (Å²) >= 11 is 4.35. The van der Waals surface area contributed by atoms with Gasteiger partial charge in [0.2, 0.25) is 0 Å². The van der Waals surface area contributed by atoms with E-state index in [2.05, 4.69) is 21.2 Å². The average Bonchev–Trinajstić information content (AvgIpc) is 2.76. The molecule has 0 spiro atoms. The van der Waals surface area contributed by atoms with Crippen LogP contribution in [0.3, 0.4) is 0 Å². The lowest BCUT2D eigenvalue weighted by atomic mass is 10.2. The van der Waals surface area contributed by atoms with E-state index >= 15 is 0 Å². The molecule has 1 N–H and O–H groups in total. The third-order valence-electron chi connectivity index (χ3n) is 2.72. The number of rotatable bonds is 6. The first-order chi connectivity index (χ1) is 10.5. The van der Waals surface area contributed by atoms with Crippen molar-refractivity contribution in [1.29, 1.82) is 0 Å². The van der Waals surface area contributed by atoms with Crippen molar-refractivity contribution in [2.45, 2.75) is 20.3 Å². The zero-order valence-corrected chi connectivity index (χ0v) is 14.7. The molecule has 118 valence electrons. The molecule has 0 radical (unpaired) electrons. The number of halogens is 1. The molecule has 0 aliphatic carbocycles. The lowest BCUT2D eigenvalue weighted by Gasteiger charge is -2.14. The first-order valence-corrected chi connectivity index (χ1v) is 8.50. The first kappa shape index (κ1) is 16.9. The maximum absolute atomic E-state index is 11.6. The molecule has 1 heterocycles. The predicted octanol–water partition coefficient (Wildman–Crippen LogP) is 3.96. The number of hydrogen-bond acceptors (Lipinski definition) is 5. The number of ether oxygens (including phenoxy) is 2. The highest BCUT2D eigenvalue weighted by molar-refractivity contribution is 9.10. The number of carbonyl (C=O) groups excluding carboxylic acids is 2. The van der Waals surface area contributed by atoms with Gasteiger partial charge < -0.3 is 9.47 Å². The predicted molar refractivity (Wildman–Crippen MR) is 90.2 cm³/mol. The number of hydrogen-bond donors (Lipinski definition) is 1. The number of carbonyl (C=O) groups is 2. The molecule has 2 rings (SSSR count). The molecule has 1 saturated heterocycles. The molecule has 1 aliphatic heterocycles. The van der Waals surface area contributed by atoms with E-state index in [9.17, 15) is 9.59 Å². The van der Waals surface area contributed by atoms with Gasteiger partial charge in [-0.2, -0.15) is 0 Å². The van der Waals surface area contributed by atoms with Gasteiger partial charge in [-0.15, -0.1) is 0 Å². The monoisotopic (exact) mass is 385 g/mol. The van der Waals surface area contributed by atoms with E-state index in [0.29, 0.717) is 29.6 Å². The summed E-state index contributed by atoms with van der Waals surface area (Å²) in [5.41, 5.74) is 0.756. The molecule has 2 amide bonds. The van der Waals surface area contributed by atoms with Crippen molar-refractivity contribution in [3.63, 3.8) is 0 Å². The van der Waals surface area contributed by atoms with Gasteiger partial charge in [0.05, 0.1) is 22.6 Å². The van der Waals surface area contributed by atoms with Crippen LogP contribution in [0.4, 0.5) is 4.79 Å². The molecule has 5 nitrogen and oxygen atoms in total. The second-order valence-corrected chi connectivity index (χ2v) is 6.33. The lowest BCUT2D eigenvalue weighted by Crippen LogP contribution is -2.17. The van der Waals surface area contributed by atoms with Crippen LogP contribution in [0.5, 0.6) is 11.5 Å². The van der Waals surface area contributed by atoms with Crippen LogP contribution in [-0.4, -0.2) is 24.4 Å². The normalized spacial score (nSPS) is 16.0. The van der Waals surface area contributed by atoms with Crippen LogP contribution < -0.4 is 14.8 Å². The quantitative estimate of drug-likeness (QED) is 0.750. The molecule has 0 unspecified atom stereocenters. The third-order valence-corrected chi connectivity index (χ3v) is 4.12. The zero-order chi connectivity index (χ0) is 16.1. The van der Waals surface area contributed by atoms with Crippen LogP contribution in [0, 0.1) is 0 Å². The fourth-order valence-electron chi connectivity index (χ4n) is 1.85. The Balaban J connectivity index is 2.35. The third kappa shape index (κ3) is 4.04. The molecule has 7 heteroatoms. The standard InChI is InChI=1S/C15H16BrNO4S/c1-3-5-21-13-10(16)6-9(7-11(13)20-4-2)8-12-14(18)17-15(19)22-12/h6-8H,3-5H2,1-2H3,(H,17,18,19)/b12-8+. The minimum atomic E-state index is -0.379. The van der Waals surface area contributed by atoms with Crippen LogP contribution in [0.25, 0.3) is 6.08 Å². The van der Waals surface area contributed by atoms with Gasteiger partial charge in [-0.25, -0.2) is 0 Å². The first-order valence-electron chi connectivity index (χ1n) is 6.89. The summed E-state index contributed by atoms with van der Waals surface area (Å²) in [4.78, 5) is 23.2. The van der Waals surface area contributed by atoms with Crippen LogP contribution in [0.15, 0.2) is 21.5 Å². The molecular weight excluding hydrogens is 370 g/mol. The fraction of sp³-hybridized carbons (Fsp3) is 0.333. The van der Waals surface area contributed by atoms with Crippen LogP contribution in [0.1, 0.15) is 25.8 Å². The van der Waals surface area contributed by atoms with Crippen molar-refractivity contribution in [3.8, 4) is 11.5 Å². The second kappa shape index (κ2) is 7.69. The largest absolute Gasteiger partial charge is 0.490 e. The Morgan fingerprint density at radius 3 is 2.64 bits per heavy atom. The van der Waals surface area contributed by atoms with E-state index in [4.69, 9.17) is 9.47 Å². The van der Waals surface area contributed by atoms with Gasteiger partial charge in [-0.3, -0.25) is 14.9 Å². The molecule has 0 bridgehead atoms. The number of amides is 2. The molecule has 1 aromatic rings. The number of nitrogens with one attached hydrogen (secondary N) is 1. The molecule has 0 atom stereocenters. The van der Waals surface area contributed by atoms with Crippen molar-refractivity contribution in [1.82, 2.24) is 5.32 Å². The maximum atomic E-state index is 11.6. The van der Waals surface area contributed by atoms with E-state index in [1.165, 1.54) is 0 Å². The van der Waals surface area contributed by atoms with Gasteiger partial charge in [0.25, 0.3) is 11.1 Å². The second-order valence-electron chi connectivity index (χ2n) is 4.46. The smallest absolute Gasteiger partial charge is 0.290 e. The van der Waals surface area contributed by atoms with Crippen molar-refractivity contribution in [3.05, 3.63) is 27.1 Å². The molecule has 1 aliphatic rings. The SMILES string of the molecule is CCCOc1c(Br)cc(/C=C2/SC(=O)NC2=O)cc1OCC. The topological polar surface area (TPSA) is 64.6 Å². The summed E-state index contributed by atoms with van der Waals surface area (Å²) in [7, 11) is 0. The van der Waals surface area contributed by atoms with Crippen molar-refractivity contribution in [2.75, 3.05) is 13.2 Å². The Morgan fingerprint density at radius 2 is 2.05 bits per heavy atom. The minimum Gasteiger partial charge on any atom is -0.490 e. The van der Waals surface area contributed by atoms with Crippen LogP contribution in [-0.2, 0) is 4.79 Å². The van der Waals surface area contributed by atoms with Gasteiger partial charge in [0, 0.05) is 0 Å². The van der Waals surface area contributed by atoms with Crippen molar-refractivity contribution < 1.29 is 19.1 Å². The molecule has 0 saturated carbocycles. The zero-order valence-electron chi connectivity index (χ0n) is 12.3. The lowest BCUT2D eigenvalue weighted by molar-refractivity contribution is -0.115. The Hall–Kier alpha value is -1.47. The maximum Gasteiger partial charge on any atom is 0.290 e. The number of imide groups is 1. The summed E-state index contributed by atoms with van der Waals surface area (Å²) in [5, 5.41) is 1.87. The minimum absolute atomic E-state index is 0.358. The molecule has 0 aromatic heterocycles. The van der Waals surface area contributed by atoms with Gasteiger partial charge >= 0.3 is 0 Å². The summed E-state index contributed by atoms with van der Waals surface area (Å²) in [5.74, 6) is 0.868. The summed E-state index contributed by atoms with van der Waals surface area (Å²) in [6, 6.07) is 3.63. The van der Waals surface area contributed by atoms with E-state index in [0.717, 1.165) is 28.2 Å².